The lowest BCUT2D eigenvalue weighted by molar-refractivity contribution is -0.384. The lowest BCUT2D eigenvalue weighted by atomic mass is 10.1. The Kier molecular flexibility index (Phi) is 11.0. The van der Waals surface area contributed by atoms with Gasteiger partial charge in [0.05, 0.1) is 17.1 Å². The summed E-state index contributed by atoms with van der Waals surface area (Å²) in [5.41, 5.74) is -3.83. The number of halogens is 1. The Bertz CT molecular complexity index is 2230. The first-order valence-electron chi connectivity index (χ1n) is 14.9. The van der Waals surface area contributed by atoms with Crippen LogP contribution in [0.5, 0.6) is 11.5 Å². The van der Waals surface area contributed by atoms with Gasteiger partial charge in [-0.1, -0.05) is 35.9 Å². The van der Waals surface area contributed by atoms with E-state index in [0.29, 0.717) is 38.1 Å². The second kappa shape index (κ2) is 15.3. The monoisotopic (exact) mass is 778 g/mol. The number of amides is 2. The number of esters is 1. The Morgan fingerprint density at radius 1 is 1.12 bits per heavy atom. The first kappa shape index (κ1) is 37.5. The van der Waals surface area contributed by atoms with Crippen LogP contribution in [0, 0.1) is 10.1 Å². The smallest absolute Gasteiger partial charge is 0.413 e. The lowest BCUT2D eigenvalue weighted by Gasteiger charge is -2.40. The number of sulfonamides is 1. The van der Waals surface area contributed by atoms with E-state index in [2.05, 4.69) is 25.2 Å². The summed E-state index contributed by atoms with van der Waals surface area (Å²) in [6, 6.07) is 9.66. The zero-order valence-corrected chi connectivity index (χ0v) is 29.6. The van der Waals surface area contributed by atoms with Crippen molar-refractivity contribution >= 4 is 62.4 Å². The molecular formula is C29H27ClN8O12S2. The number of carbonyl (C=O) groups is 3. The highest BCUT2D eigenvalue weighted by Crippen LogP contribution is 2.36. The molecule has 3 heterocycles. The van der Waals surface area contributed by atoms with Crippen LogP contribution in [0.2, 0.25) is 5.02 Å². The average molecular weight is 779 g/mol. The molecule has 1 unspecified atom stereocenters. The minimum atomic E-state index is -4.90. The molecule has 0 spiro atoms. The number of aromatic nitrogens is 4. The maximum Gasteiger partial charge on any atom is 0.413 e. The Morgan fingerprint density at radius 3 is 2.54 bits per heavy atom. The molecule has 0 saturated carbocycles. The molecule has 2 N–H and O–H groups in total. The van der Waals surface area contributed by atoms with Crippen LogP contribution in [0.15, 0.2) is 57.8 Å². The Morgan fingerprint density at radius 2 is 1.87 bits per heavy atom. The zero-order valence-electron chi connectivity index (χ0n) is 27.2. The second-order valence-corrected chi connectivity index (χ2v) is 13.8. The molecule has 0 saturated heterocycles. The Balaban J connectivity index is 1.42. The number of carbonyl (C=O) groups excluding carboxylic acids is 3. The third kappa shape index (κ3) is 7.78. The van der Waals surface area contributed by atoms with E-state index in [1.54, 1.807) is 18.2 Å². The number of nitrogens with one attached hydrogen (secondary N) is 2. The molecule has 2 aromatic heterocycles. The van der Waals surface area contributed by atoms with E-state index in [4.69, 9.17) is 30.5 Å². The molecule has 1 aliphatic heterocycles. The number of nitro groups is 1. The van der Waals surface area contributed by atoms with Crippen molar-refractivity contribution in [2.75, 3.05) is 23.7 Å². The van der Waals surface area contributed by atoms with Gasteiger partial charge in [-0.15, -0.1) is 10.2 Å². The molecule has 274 valence electrons. The van der Waals surface area contributed by atoms with E-state index in [9.17, 15) is 37.7 Å². The molecule has 23 heteroatoms. The van der Waals surface area contributed by atoms with Crippen LogP contribution >= 0.6 is 22.9 Å². The molecule has 0 aliphatic carbocycles. The highest BCUT2D eigenvalue weighted by Gasteiger charge is 2.51. The zero-order chi connectivity index (χ0) is 37.8. The van der Waals surface area contributed by atoms with Gasteiger partial charge in [-0.25, -0.2) is 32.5 Å². The van der Waals surface area contributed by atoms with E-state index in [1.165, 1.54) is 26.0 Å². The van der Waals surface area contributed by atoms with Crippen molar-refractivity contribution in [3.63, 3.8) is 0 Å². The highest BCUT2D eigenvalue weighted by atomic mass is 35.5. The van der Waals surface area contributed by atoms with Gasteiger partial charge in [-0.05, 0) is 49.2 Å². The number of rotatable bonds is 13. The van der Waals surface area contributed by atoms with Gasteiger partial charge in [-0.2, -0.15) is 9.71 Å². The van der Waals surface area contributed by atoms with Crippen molar-refractivity contribution in [1.29, 1.82) is 0 Å². The van der Waals surface area contributed by atoms with E-state index in [0.717, 1.165) is 25.3 Å². The van der Waals surface area contributed by atoms with Crippen LogP contribution in [-0.4, -0.2) is 70.2 Å². The Labute approximate surface area is 302 Å². The highest BCUT2D eigenvalue weighted by molar-refractivity contribution is 7.91. The number of anilines is 1. The SMILES string of the molecule is CCOC(=O)C(CC)(NS(=O)(=O)c1nnc(-c2ccc(Cl)cc2[N+](=O)[O-])s1)N(C(C)=O)n1ccc(NC(=O)OCc2ccc3c(c2)OCO3)nc1=O. The van der Waals surface area contributed by atoms with E-state index in [-0.39, 0.29) is 41.4 Å². The molecule has 1 aliphatic rings. The summed E-state index contributed by atoms with van der Waals surface area (Å²) in [5, 5.41) is 21.7. The summed E-state index contributed by atoms with van der Waals surface area (Å²) in [6.07, 6.45) is -0.532. The van der Waals surface area contributed by atoms with Crippen molar-refractivity contribution in [1.82, 2.24) is 24.6 Å². The van der Waals surface area contributed by atoms with Crippen LogP contribution in [0.1, 0.15) is 32.8 Å². The second-order valence-electron chi connectivity index (χ2n) is 10.5. The van der Waals surface area contributed by atoms with Gasteiger partial charge in [0.25, 0.3) is 15.7 Å². The van der Waals surface area contributed by atoms with Crippen LogP contribution in [-0.2, 0) is 35.7 Å². The molecule has 2 aromatic carbocycles. The van der Waals surface area contributed by atoms with Gasteiger partial charge >= 0.3 is 17.8 Å². The predicted octanol–water partition coefficient (Wildman–Crippen LogP) is 2.93. The molecule has 0 fully saturated rings. The van der Waals surface area contributed by atoms with E-state index < -0.39 is 60.7 Å². The van der Waals surface area contributed by atoms with Gasteiger partial charge in [0.1, 0.15) is 12.4 Å². The fraction of sp³-hybridized carbons (Fsp3) is 0.276. The first-order chi connectivity index (χ1) is 24.7. The number of nitro benzene ring substituents is 1. The summed E-state index contributed by atoms with van der Waals surface area (Å²) >= 11 is 6.31. The first-order valence-corrected chi connectivity index (χ1v) is 17.6. The number of nitrogens with zero attached hydrogens (tertiary/aromatic N) is 6. The number of hydrogen-bond donors (Lipinski definition) is 2. The van der Waals surface area contributed by atoms with Crippen molar-refractivity contribution < 1.29 is 46.7 Å². The normalized spacial score (nSPS) is 13.2. The number of ether oxygens (including phenoxy) is 4. The van der Waals surface area contributed by atoms with Crippen LogP contribution in [0.25, 0.3) is 10.6 Å². The maximum absolute atomic E-state index is 13.8. The number of benzene rings is 2. The van der Waals surface area contributed by atoms with Gasteiger partial charge < -0.3 is 18.9 Å². The Hall–Kier alpha value is -5.71. The quantitative estimate of drug-likeness (QED) is 0.0856. The molecule has 20 nitrogen and oxygen atoms in total. The third-order valence-electron chi connectivity index (χ3n) is 7.15. The number of hydrogen-bond acceptors (Lipinski definition) is 16. The van der Waals surface area contributed by atoms with Gasteiger partial charge in [0, 0.05) is 24.2 Å². The molecule has 52 heavy (non-hydrogen) atoms. The van der Waals surface area contributed by atoms with Gasteiger partial charge in [-0.3, -0.25) is 20.2 Å². The average Bonchev–Trinajstić information content (AvgIpc) is 3.78. The summed E-state index contributed by atoms with van der Waals surface area (Å²) in [5.74, 6) is -1.59. The minimum absolute atomic E-state index is 0.0482. The fourth-order valence-electron chi connectivity index (χ4n) is 4.86. The summed E-state index contributed by atoms with van der Waals surface area (Å²) in [6.45, 7) is 3.34. The topological polar surface area (TPSA) is 253 Å². The van der Waals surface area contributed by atoms with Crippen LogP contribution in [0.3, 0.4) is 0 Å². The number of fused-ring (bicyclic) bond motifs is 1. The standard InChI is InChI=1S/C29H27ClN8O12S2/c1-4-29(25(40)47-5-2,35-52(45,46)28-34-33-24(51-28)19-8-7-18(30)13-20(19)38(43)44)37(16(3)39)36-11-10-23(31-26(36)41)32-27(42)48-14-17-6-9-21-22(12-17)50-15-49-21/h6-13,35H,4-5,14-15H2,1-3H3,(H,31,32,41,42). The predicted molar refractivity (Wildman–Crippen MR) is 181 cm³/mol. The van der Waals surface area contributed by atoms with E-state index in [1.807, 2.05) is 0 Å². The molecule has 4 aromatic rings. The summed E-state index contributed by atoms with van der Waals surface area (Å²) in [7, 11) is -4.90. The van der Waals surface area contributed by atoms with Crippen molar-refractivity contribution in [3.05, 3.63) is 79.8 Å². The molecule has 2 amide bonds. The maximum atomic E-state index is 13.8. The van der Waals surface area contributed by atoms with Gasteiger partial charge in [0.2, 0.25) is 22.7 Å². The fourth-order valence-corrected chi connectivity index (χ4v) is 7.43. The molecule has 1 atom stereocenters. The van der Waals surface area contributed by atoms with Crippen LogP contribution in [0.4, 0.5) is 16.3 Å². The van der Waals surface area contributed by atoms with Gasteiger partial charge in [0.15, 0.2) is 16.5 Å². The van der Waals surface area contributed by atoms with Crippen molar-refractivity contribution in [2.24, 2.45) is 0 Å². The van der Waals surface area contributed by atoms with E-state index >= 15 is 0 Å². The molecule has 5 rings (SSSR count). The molecule has 0 bridgehead atoms. The lowest BCUT2D eigenvalue weighted by Crippen LogP contribution is -2.72. The van der Waals surface area contributed by atoms with Crippen molar-refractivity contribution in [3.8, 4) is 22.1 Å². The van der Waals surface area contributed by atoms with Crippen molar-refractivity contribution in [2.45, 2.75) is 43.8 Å². The minimum Gasteiger partial charge on any atom is -0.463 e. The molecular weight excluding hydrogens is 752 g/mol. The summed E-state index contributed by atoms with van der Waals surface area (Å²) < 4.78 is 50.4. The largest absolute Gasteiger partial charge is 0.463 e. The molecule has 0 radical (unpaired) electrons. The summed E-state index contributed by atoms with van der Waals surface area (Å²) in [4.78, 5) is 67.2. The third-order valence-corrected chi connectivity index (χ3v) is 10.2. The van der Waals surface area contributed by atoms with Crippen LogP contribution < -0.4 is 30.2 Å².